The second-order valence-electron chi connectivity index (χ2n) is 3.90. The molecule has 0 heterocycles. The Kier molecular flexibility index (Phi) is 5.34. The number of rotatable bonds is 2. The lowest BCUT2D eigenvalue weighted by Gasteiger charge is -2.04. The molecule has 4 nitrogen and oxygen atoms in total. The van der Waals surface area contributed by atoms with Crippen molar-refractivity contribution in [3.8, 4) is 11.5 Å². The molecule has 20 heavy (non-hydrogen) atoms. The summed E-state index contributed by atoms with van der Waals surface area (Å²) in [6.07, 6.45) is 1.75. The van der Waals surface area contributed by atoms with Gasteiger partial charge in [-0.2, -0.15) is 0 Å². The van der Waals surface area contributed by atoms with Crippen molar-refractivity contribution in [1.82, 2.24) is 0 Å². The molecule has 5 heteroatoms. The first-order valence-electron chi connectivity index (χ1n) is 5.82. The molecule has 0 unspecified atom stereocenters. The average Bonchev–Trinajstić information content (AvgIpc) is 2.40. The fraction of sp³-hybridized carbons (Fsp3) is 0.0667. The maximum absolute atomic E-state index is 12.1. The van der Waals surface area contributed by atoms with Gasteiger partial charge >= 0.3 is 0 Å². The Balaban J connectivity index is 0.000000612. The summed E-state index contributed by atoms with van der Waals surface area (Å²) in [5.74, 6) is 0.0179. The van der Waals surface area contributed by atoms with Gasteiger partial charge in [0.25, 0.3) is 0 Å². The van der Waals surface area contributed by atoms with E-state index in [-0.39, 0.29) is 21.3 Å². The Morgan fingerprint density at radius 2 is 1.10 bits per heavy atom. The maximum Gasteiger partial charge on any atom is 0.206 e. The van der Waals surface area contributed by atoms with Crippen LogP contribution in [-0.4, -0.2) is 18.6 Å². The van der Waals surface area contributed by atoms with E-state index in [1.165, 1.54) is 48.5 Å². The Morgan fingerprint density at radius 3 is 1.35 bits per heavy atom. The molecular formula is C15H16O4S. The van der Waals surface area contributed by atoms with Gasteiger partial charge in [0.1, 0.15) is 11.5 Å². The van der Waals surface area contributed by atoms with E-state index in [0.717, 1.165) is 0 Å². The maximum atomic E-state index is 12.1. The molecule has 106 valence electrons. The number of sulfone groups is 1. The van der Waals surface area contributed by atoms with Crippen molar-refractivity contribution in [2.24, 2.45) is 0 Å². The van der Waals surface area contributed by atoms with Gasteiger partial charge in [-0.05, 0) is 55.5 Å². The lowest BCUT2D eigenvalue weighted by atomic mass is 10.3. The summed E-state index contributed by atoms with van der Waals surface area (Å²) < 4.78 is 24.2. The summed E-state index contributed by atoms with van der Waals surface area (Å²) in [5, 5.41) is 18.2. The van der Waals surface area contributed by atoms with Crippen molar-refractivity contribution in [3.63, 3.8) is 0 Å². The van der Waals surface area contributed by atoms with Crippen molar-refractivity contribution in [1.29, 1.82) is 0 Å². The van der Waals surface area contributed by atoms with E-state index >= 15 is 0 Å². The van der Waals surface area contributed by atoms with Crippen molar-refractivity contribution < 1.29 is 18.6 Å². The molecule has 0 aliphatic carbocycles. The highest BCUT2D eigenvalue weighted by Gasteiger charge is 2.17. The number of benzene rings is 2. The molecule has 0 atom stereocenters. The summed E-state index contributed by atoms with van der Waals surface area (Å²) in [6, 6.07) is 10.6. The quantitative estimate of drug-likeness (QED) is 0.834. The highest BCUT2D eigenvalue weighted by atomic mass is 32.2. The average molecular weight is 292 g/mol. The van der Waals surface area contributed by atoms with E-state index in [1.54, 1.807) is 6.08 Å². The van der Waals surface area contributed by atoms with Crippen LogP contribution in [0.4, 0.5) is 0 Å². The van der Waals surface area contributed by atoms with E-state index in [2.05, 4.69) is 6.58 Å². The van der Waals surface area contributed by atoms with Gasteiger partial charge in [0.15, 0.2) is 0 Å². The van der Waals surface area contributed by atoms with Crippen LogP contribution in [0.15, 0.2) is 71.0 Å². The van der Waals surface area contributed by atoms with Crippen LogP contribution in [0.3, 0.4) is 0 Å². The minimum absolute atomic E-state index is 0.00894. The summed E-state index contributed by atoms with van der Waals surface area (Å²) in [7, 11) is -3.59. The molecule has 0 fully saturated rings. The molecule has 0 radical (unpaired) electrons. The number of hydrogen-bond acceptors (Lipinski definition) is 4. The standard InChI is InChI=1S/C12H10O4S.C3H6/c13-9-1-5-11(6-2-9)17(15,16)12-7-3-10(14)4-8-12;1-3-2/h1-8,13-14H;3H,1H2,2H3. The van der Waals surface area contributed by atoms with E-state index in [1.807, 2.05) is 6.92 Å². The number of aromatic hydroxyl groups is 2. The van der Waals surface area contributed by atoms with Gasteiger partial charge in [0, 0.05) is 0 Å². The highest BCUT2D eigenvalue weighted by molar-refractivity contribution is 7.91. The topological polar surface area (TPSA) is 74.6 Å². The molecule has 2 aromatic carbocycles. The largest absolute Gasteiger partial charge is 0.508 e. The summed E-state index contributed by atoms with van der Waals surface area (Å²) in [5.41, 5.74) is 0. The zero-order chi connectivity index (χ0) is 15.2. The van der Waals surface area contributed by atoms with Crippen LogP contribution in [0.1, 0.15) is 6.92 Å². The number of phenolic OH excluding ortho intramolecular Hbond substituents is 2. The fourth-order valence-electron chi connectivity index (χ4n) is 1.39. The van der Waals surface area contributed by atoms with Crippen LogP contribution in [-0.2, 0) is 9.84 Å². The van der Waals surface area contributed by atoms with Crippen molar-refractivity contribution in [2.45, 2.75) is 16.7 Å². The minimum Gasteiger partial charge on any atom is -0.508 e. The molecule has 2 N–H and O–H groups in total. The normalized spacial score (nSPS) is 10.2. The third-order valence-corrected chi connectivity index (χ3v) is 4.08. The highest BCUT2D eigenvalue weighted by Crippen LogP contribution is 2.23. The molecule has 0 bridgehead atoms. The van der Waals surface area contributed by atoms with Crippen molar-refractivity contribution >= 4 is 9.84 Å². The third-order valence-electron chi connectivity index (χ3n) is 2.29. The molecule has 0 saturated carbocycles. The molecular weight excluding hydrogens is 276 g/mol. The Bertz CT molecular complexity index is 605. The lowest BCUT2D eigenvalue weighted by molar-refractivity contribution is 0.474. The molecule has 0 aliphatic rings. The van der Waals surface area contributed by atoms with Gasteiger partial charge in [0.2, 0.25) is 9.84 Å². The van der Waals surface area contributed by atoms with Crippen molar-refractivity contribution in [2.75, 3.05) is 0 Å². The number of allylic oxidation sites excluding steroid dienone is 1. The van der Waals surface area contributed by atoms with Gasteiger partial charge in [0.05, 0.1) is 9.79 Å². The molecule has 0 saturated heterocycles. The van der Waals surface area contributed by atoms with Gasteiger partial charge < -0.3 is 10.2 Å². The Morgan fingerprint density at radius 1 is 0.850 bits per heavy atom. The lowest BCUT2D eigenvalue weighted by Crippen LogP contribution is -2.01. The van der Waals surface area contributed by atoms with Gasteiger partial charge in [-0.15, -0.1) is 6.58 Å². The van der Waals surface area contributed by atoms with Crippen LogP contribution >= 0.6 is 0 Å². The first kappa shape index (κ1) is 15.8. The summed E-state index contributed by atoms with van der Waals surface area (Å²) in [6.45, 7) is 5.25. The molecule has 0 amide bonds. The molecule has 2 rings (SSSR count). The molecule has 0 aliphatic heterocycles. The predicted octanol–water partition coefficient (Wildman–Crippen LogP) is 3.12. The van der Waals surface area contributed by atoms with Crippen LogP contribution in [0.25, 0.3) is 0 Å². The summed E-state index contributed by atoms with van der Waals surface area (Å²) in [4.78, 5) is 0.196. The molecule has 0 aromatic heterocycles. The van der Waals surface area contributed by atoms with Crippen LogP contribution in [0.5, 0.6) is 11.5 Å². The van der Waals surface area contributed by atoms with Gasteiger partial charge in [-0.1, -0.05) is 6.08 Å². The van der Waals surface area contributed by atoms with E-state index in [4.69, 9.17) is 10.2 Å². The van der Waals surface area contributed by atoms with Crippen LogP contribution in [0, 0.1) is 0 Å². The zero-order valence-electron chi connectivity index (χ0n) is 11.0. The number of hydrogen-bond donors (Lipinski definition) is 2. The van der Waals surface area contributed by atoms with Gasteiger partial charge in [-0.25, -0.2) is 8.42 Å². The van der Waals surface area contributed by atoms with E-state index in [0.29, 0.717) is 0 Å². The van der Waals surface area contributed by atoms with Crippen molar-refractivity contribution in [3.05, 3.63) is 61.2 Å². The Hall–Kier alpha value is -2.27. The summed E-state index contributed by atoms with van der Waals surface area (Å²) >= 11 is 0. The number of phenols is 2. The molecule has 2 aromatic rings. The first-order chi connectivity index (χ1) is 9.41. The smallest absolute Gasteiger partial charge is 0.206 e. The van der Waals surface area contributed by atoms with Crippen LogP contribution < -0.4 is 0 Å². The first-order valence-corrected chi connectivity index (χ1v) is 7.30. The third kappa shape index (κ3) is 3.86. The van der Waals surface area contributed by atoms with Gasteiger partial charge in [-0.3, -0.25) is 0 Å². The molecule has 0 spiro atoms. The monoisotopic (exact) mass is 292 g/mol. The second-order valence-corrected chi connectivity index (χ2v) is 5.85. The SMILES string of the molecule is C=CC.O=S(=O)(c1ccc(O)cc1)c1ccc(O)cc1. The zero-order valence-corrected chi connectivity index (χ0v) is 11.8. The fourth-order valence-corrected chi connectivity index (χ4v) is 2.65. The predicted molar refractivity (Wildman–Crippen MR) is 77.5 cm³/mol. The Labute approximate surface area is 118 Å². The second kappa shape index (κ2) is 6.77. The van der Waals surface area contributed by atoms with E-state index < -0.39 is 9.84 Å². The minimum atomic E-state index is -3.59. The van der Waals surface area contributed by atoms with E-state index in [9.17, 15) is 8.42 Å². The van der Waals surface area contributed by atoms with Crippen LogP contribution in [0.2, 0.25) is 0 Å².